The molecule has 0 spiro atoms. The molecule has 0 atom stereocenters. The van der Waals surface area contributed by atoms with E-state index in [1.807, 2.05) is 13.8 Å². The summed E-state index contributed by atoms with van der Waals surface area (Å²) in [5.74, 6) is 0.253. The Hall–Kier alpha value is -1.07. The van der Waals surface area contributed by atoms with Crippen molar-refractivity contribution >= 4 is 0 Å². The van der Waals surface area contributed by atoms with Gasteiger partial charge in [-0.25, -0.2) is 0 Å². The lowest BCUT2D eigenvalue weighted by Crippen LogP contribution is -2.06. The van der Waals surface area contributed by atoms with Gasteiger partial charge in [0.1, 0.15) is 0 Å². The molecule has 1 aromatic rings. The lowest BCUT2D eigenvalue weighted by molar-refractivity contribution is -0.141. The van der Waals surface area contributed by atoms with Gasteiger partial charge < -0.3 is 0 Å². The molecule has 0 saturated carbocycles. The number of rotatable bonds is 2. The van der Waals surface area contributed by atoms with Gasteiger partial charge in [-0.1, -0.05) is 19.1 Å². The average molecular weight is 193 g/mol. The van der Waals surface area contributed by atoms with Crippen molar-refractivity contribution in [3.8, 4) is 0 Å². The number of hydrogen-bond donors (Lipinski definition) is 0. The van der Waals surface area contributed by atoms with Crippen molar-refractivity contribution in [1.82, 2.24) is 15.0 Å². The molecule has 6 heteroatoms. The van der Waals surface area contributed by atoms with Gasteiger partial charge in [-0.05, 0) is 5.92 Å². The quantitative estimate of drug-likeness (QED) is 0.718. The van der Waals surface area contributed by atoms with E-state index in [1.54, 1.807) is 0 Å². The summed E-state index contributed by atoms with van der Waals surface area (Å²) < 4.78 is 37.3. The summed E-state index contributed by atoms with van der Waals surface area (Å²) >= 11 is 0. The van der Waals surface area contributed by atoms with Crippen LogP contribution in [0.15, 0.2) is 6.20 Å². The normalized spacial score (nSPS) is 12.5. The molecule has 74 valence electrons. The fourth-order valence-corrected chi connectivity index (χ4v) is 0.892. The maximum absolute atomic E-state index is 12.0. The highest BCUT2D eigenvalue weighted by atomic mass is 19.4. The summed E-state index contributed by atoms with van der Waals surface area (Å²) in [6.07, 6.45) is -3.48. The topological polar surface area (TPSA) is 30.7 Å². The van der Waals surface area contributed by atoms with Crippen LogP contribution >= 0.6 is 0 Å². The zero-order valence-electron chi connectivity index (χ0n) is 7.34. The van der Waals surface area contributed by atoms with Gasteiger partial charge in [-0.3, -0.25) is 4.68 Å². The Balaban J connectivity index is 2.75. The zero-order chi connectivity index (χ0) is 10.1. The minimum atomic E-state index is -4.39. The van der Waals surface area contributed by atoms with Gasteiger partial charge in [0.05, 0.1) is 6.20 Å². The van der Waals surface area contributed by atoms with Gasteiger partial charge in [0.15, 0.2) is 5.69 Å². The molecule has 0 saturated heterocycles. The highest BCUT2D eigenvalue weighted by molar-refractivity contribution is 4.97. The first-order chi connectivity index (χ1) is 5.89. The Bertz CT molecular complexity index is 277. The van der Waals surface area contributed by atoms with E-state index >= 15 is 0 Å². The second-order valence-electron chi connectivity index (χ2n) is 3.22. The predicted molar refractivity (Wildman–Crippen MR) is 39.9 cm³/mol. The molecule has 0 unspecified atom stereocenters. The molecule has 1 aromatic heterocycles. The van der Waals surface area contributed by atoms with Crippen molar-refractivity contribution in [2.45, 2.75) is 26.6 Å². The van der Waals surface area contributed by atoms with Crippen LogP contribution in [0.4, 0.5) is 13.2 Å². The van der Waals surface area contributed by atoms with Crippen LogP contribution in [0.5, 0.6) is 0 Å². The van der Waals surface area contributed by atoms with Crippen molar-refractivity contribution in [3.05, 3.63) is 11.9 Å². The second-order valence-corrected chi connectivity index (χ2v) is 3.22. The van der Waals surface area contributed by atoms with E-state index in [4.69, 9.17) is 0 Å². The van der Waals surface area contributed by atoms with E-state index in [-0.39, 0.29) is 5.92 Å². The van der Waals surface area contributed by atoms with Gasteiger partial charge in [0, 0.05) is 6.54 Å². The highest BCUT2D eigenvalue weighted by Gasteiger charge is 2.34. The first kappa shape index (κ1) is 10.0. The molecule has 0 fully saturated rings. The number of nitrogens with zero attached hydrogens (tertiary/aromatic N) is 3. The van der Waals surface area contributed by atoms with Crippen molar-refractivity contribution in [1.29, 1.82) is 0 Å². The van der Waals surface area contributed by atoms with E-state index in [2.05, 4.69) is 10.3 Å². The molecule has 1 heterocycles. The molecule has 3 nitrogen and oxygen atoms in total. The van der Waals surface area contributed by atoms with Crippen LogP contribution < -0.4 is 0 Å². The lowest BCUT2D eigenvalue weighted by Gasteiger charge is -2.02. The summed E-state index contributed by atoms with van der Waals surface area (Å²) in [5, 5.41) is 6.40. The van der Waals surface area contributed by atoms with Crippen molar-refractivity contribution in [2.75, 3.05) is 0 Å². The molecule has 0 N–H and O–H groups in total. The average Bonchev–Trinajstić information content (AvgIpc) is 2.32. The minimum Gasteiger partial charge on any atom is -0.252 e. The van der Waals surface area contributed by atoms with Crippen molar-refractivity contribution in [2.24, 2.45) is 5.92 Å². The number of alkyl halides is 3. The Morgan fingerprint density at radius 2 is 2.08 bits per heavy atom. The molecular weight excluding hydrogens is 183 g/mol. The lowest BCUT2D eigenvalue weighted by atomic mass is 10.2. The van der Waals surface area contributed by atoms with Crippen LogP contribution in [-0.2, 0) is 12.7 Å². The first-order valence-corrected chi connectivity index (χ1v) is 3.87. The number of hydrogen-bond acceptors (Lipinski definition) is 2. The molecule has 0 aliphatic rings. The van der Waals surface area contributed by atoms with Gasteiger partial charge in [-0.2, -0.15) is 13.2 Å². The Kier molecular flexibility index (Phi) is 2.58. The molecule has 0 radical (unpaired) electrons. The molecule has 0 aliphatic heterocycles. The van der Waals surface area contributed by atoms with E-state index in [0.717, 1.165) is 6.20 Å². The smallest absolute Gasteiger partial charge is 0.252 e. The number of halogens is 3. The molecule has 0 bridgehead atoms. The standard InChI is InChI=1S/C7H10F3N3/c1-5(2)3-13-4-6(11-12-13)7(8,9)10/h4-5H,3H2,1-2H3. The third kappa shape index (κ3) is 2.71. The van der Waals surface area contributed by atoms with Crippen LogP contribution in [-0.4, -0.2) is 15.0 Å². The predicted octanol–water partition coefficient (Wildman–Crippen LogP) is 1.95. The Labute approximate surface area is 73.5 Å². The molecule has 13 heavy (non-hydrogen) atoms. The largest absolute Gasteiger partial charge is 0.436 e. The van der Waals surface area contributed by atoms with Crippen LogP contribution in [0.3, 0.4) is 0 Å². The third-order valence-corrected chi connectivity index (χ3v) is 1.38. The van der Waals surface area contributed by atoms with Crippen LogP contribution in [0.2, 0.25) is 0 Å². The molecule has 1 rings (SSSR count). The van der Waals surface area contributed by atoms with Gasteiger partial charge >= 0.3 is 6.18 Å². The monoisotopic (exact) mass is 193 g/mol. The van der Waals surface area contributed by atoms with Crippen molar-refractivity contribution in [3.63, 3.8) is 0 Å². The molecular formula is C7H10F3N3. The first-order valence-electron chi connectivity index (χ1n) is 3.87. The molecule has 0 aliphatic carbocycles. The SMILES string of the molecule is CC(C)Cn1cc(C(F)(F)F)nn1. The summed E-state index contributed by atoms with van der Waals surface area (Å²) in [6.45, 7) is 4.24. The summed E-state index contributed by atoms with van der Waals surface area (Å²) in [5.41, 5.74) is -0.937. The van der Waals surface area contributed by atoms with Crippen LogP contribution in [0, 0.1) is 5.92 Å². The number of aromatic nitrogens is 3. The van der Waals surface area contributed by atoms with Crippen LogP contribution in [0.25, 0.3) is 0 Å². The van der Waals surface area contributed by atoms with E-state index < -0.39 is 11.9 Å². The summed E-state index contributed by atoms with van der Waals surface area (Å²) in [6, 6.07) is 0. The summed E-state index contributed by atoms with van der Waals surface area (Å²) in [7, 11) is 0. The van der Waals surface area contributed by atoms with Crippen molar-refractivity contribution < 1.29 is 13.2 Å². The van der Waals surface area contributed by atoms with Gasteiger partial charge in [0.2, 0.25) is 0 Å². The van der Waals surface area contributed by atoms with Gasteiger partial charge in [-0.15, -0.1) is 5.10 Å². The maximum Gasteiger partial charge on any atom is 0.436 e. The molecule has 0 aromatic carbocycles. The Morgan fingerprint density at radius 1 is 1.46 bits per heavy atom. The van der Waals surface area contributed by atoms with E-state index in [9.17, 15) is 13.2 Å². The van der Waals surface area contributed by atoms with E-state index in [1.165, 1.54) is 4.68 Å². The highest BCUT2D eigenvalue weighted by Crippen LogP contribution is 2.26. The third-order valence-electron chi connectivity index (χ3n) is 1.38. The molecule has 0 amide bonds. The zero-order valence-corrected chi connectivity index (χ0v) is 7.34. The second kappa shape index (κ2) is 3.35. The summed E-state index contributed by atoms with van der Waals surface area (Å²) in [4.78, 5) is 0. The van der Waals surface area contributed by atoms with Gasteiger partial charge in [0.25, 0.3) is 0 Å². The maximum atomic E-state index is 12.0. The van der Waals surface area contributed by atoms with Crippen LogP contribution in [0.1, 0.15) is 19.5 Å². The fraction of sp³-hybridized carbons (Fsp3) is 0.714. The minimum absolute atomic E-state index is 0.253. The van der Waals surface area contributed by atoms with E-state index in [0.29, 0.717) is 6.54 Å². The Morgan fingerprint density at radius 3 is 2.46 bits per heavy atom. The fourth-order valence-electron chi connectivity index (χ4n) is 0.892.